The second-order valence-corrected chi connectivity index (χ2v) is 8.16. The molecule has 4 nitrogen and oxygen atoms in total. The third kappa shape index (κ3) is 4.52. The number of methoxy groups -OCH3 is 1. The summed E-state index contributed by atoms with van der Waals surface area (Å²) in [5, 5.41) is 12.8. The fourth-order valence-corrected chi connectivity index (χ4v) is 4.16. The average Bonchev–Trinajstić information content (AvgIpc) is 2.73. The molecule has 0 saturated carbocycles. The van der Waals surface area contributed by atoms with Crippen LogP contribution in [0.25, 0.3) is 0 Å². The molecule has 5 heteroatoms. The summed E-state index contributed by atoms with van der Waals surface area (Å²) >= 11 is 6.13. The molecule has 1 heterocycles. The van der Waals surface area contributed by atoms with Crippen LogP contribution in [0.4, 0.5) is 0 Å². The van der Waals surface area contributed by atoms with Crippen molar-refractivity contribution in [2.45, 2.75) is 25.4 Å². The number of hydrogen-bond donors (Lipinski definition) is 1. The zero-order valence-corrected chi connectivity index (χ0v) is 17.7. The van der Waals surface area contributed by atoms with Gasteiger partial charge < -0.3 is 14.6 Å². The molecule has 0 amide bonds. The normalized spacial score (nSPS) is 18.6. The van der Waals surface area contributed by atoms with E-state index in [9.17, 15) is 5.11 Å². The Balaban J connectivity index is 2.03. The minimum atomic E-state index is -1.03. The van der Waals surface area contributed by atoms with Crippen LogP contribution in [0.5, 0.6) is 5.75 Å². The van der Waals surface area contributed by atoms with Crippen LogP contribution in [0.3, 0.4) is 0 Å². The molecule has 0 bridgehead atoms. The number of halogens is 1. The molecule has 1 aliphatic heterocycles. The number of ether oxygens (including phenoxy) is 2. The van der Waals surface area contributed by atoms with Crippen molar-refractivity contribution in [1.29, 1.82) is 0 Å². The third-order valence-electron chi connectivity index (χ3n) is 5.78. The lowest BCUT2D eigenvalue weighted by atomic mass is 9.70. The topological polar surface area (TPSA) is 41.9 Å². The van der Waals surface area contributed by atoms with Gasteiger partial charge in [0.25, 0.3) is 0 Å². The van der Waals surface area contributed by atoms with E-state index >= 15 is 0 Å². The molecule has 1 saturated heterocycles. The van der Waals surface area contributed by atoms with Gasteiger partial charge in [0.05, 0.1) is 25.9 Å². The lowest BCUT2D eigenvalue weighted by Crippen LogP contribution is -2.47. The average molecular weight is 404 g/mol. The van der Waals surface area contributed by atoms with Crippen LogP contribution in [0.2, 0.25) is 5.02 Å². The molecule has 2 aromatic rings. The first-order valence-electron chi connectivity index (χ1n) is 9.87. The van der Waals surface area contributed by atoms with Crippen LogP contribution in [-0.4, -0.2) is 50.0 Å². The Morgan fingerprint density at radius 3 is 2.21 bits per heavy atom. The van der Waals surface area contributed by atoms with Crippen molar-refractivity contribution >= 4 is 11.6 Å². The molecule has 1 N–H and O–H groups in total. The largest absolute Gasteiger partial charge is 0.497 e. The lowest BCUT2D eigenvalue weighted by molar-refractivity contribution is -0.0547. The van der Waals surface area contributed by atoms with Crippen molar-refractivity contribution in [2.75, 3.05) is 40.0 Å². The van der Waals surface area contributed by atoms with Crippen molar-refractivity contribution in [2.24, 2.45) is 5.92 Å². The molecule has 0 aromatic heterocycles. The Kier molecular flexibility index (Phi) is 7.00. The van der Waals surface area contributed by atoms with Crippen molar-refractivity contribution in [3.8, 4) is 5.75 Å². The standard InChI is InChI=1S/C23H30ClNO3/c1-17(2)23(26,19-6-10-21(27-3)11-7-19)22(16-25-12-14-28-15-13-25)18-4-8-20(24)9-5-18/h4-11,17,22,26H,12-16H2,1-3H3/t22-,23+/m1/s1. The molecule has 3 rings (SSSR count). The van der Waals surface area contributed by atoms with Gasteiger partial charge in [0, 0.05) is 30.6 Å². The summed E-state index contributed by atoms with van der Waals surface area (Å²) in [6.45, 7) is 8.12. The van der Waals surface area contributed by atoms with Crippen molar-refractivity contribution in [3.63, 3.8) is 0 Å². The van der Waals surface area contributed by atoms with Crippen LogP contribution < -0.4 is 4.74 Å². The molecule has 0 spiro atoms. The molecular weight excluding hydrogens is 374 g/mol. The fraction of sp³-hybridized carbons (Fsp3) is 0.478. The van der Waals surface area contributed by atoms with Gasteiger partial charge in [-0.25, -0.2) is 0 Å². The first-order chi connectivity index (χ1) is 13.4. The first kappa shape index (κ1) is 21.1. The predicted octanol–water partition coefficient (Wildman–Crippen LogP) is 4.31. The van der Waals surface area contributed by atoms with Crippen LogP contribution in [-0.2, 0) is 10.3 Å². The van der Waals surface area contributed by atoms with Gasteiger partial charge in [-0.15, -0.1) is 0 Å². The molecule has 2 aromatic carbocycles. The number of morpholine rings is 1. The van der Waals surface area contributed by atoms with Crippen molar-refractivity contribution in [3.05, 3.63) is 64.7 Å². The summed E-state index contributed by atoms with van der Waals surface area (Å²) in [6, 6.07) is 15.6. The monoisotopic (exact) mass is 403 g/mol. The van der Waals surface area contributed by atoms with Gasteiger partial charge in [0.1, 0.15) is 5.75 Å². The second-order valence-electron chi connectivity index (χ2n) is 7.73. The minimum absolute atomic E-state index is 0.0163. The Morgan fingerprint density at radius 2 is 1.68 bits per heavy atom. The van der Waals surface area contributed by atoms with E-state index in [2.05, 4.69) is 18.7 Å². The smallest absolute Gasteiger partial charge is 0.118 e. The van der Waals surface area contributed by atoms with Gasteiger partial charge in [-0.05, 0) is 41.3 Å². The maximum Gasteiger partial charge on any atom is 0.118 e. The van der Waals surface area contributed by atoms with E-state index in [-0.39, 0.29) is 11.8 Å². The summed E-state index contributed by atoms with van der Waals surface area (Å²) in [4.78, 5) is 2.37. The van der Waals surface area contributed by atoms with Gasteiger partial charge in [0.15, 0.2) is 0 Å². The SMILES string of the molecule is COc1ccc([C@@](O)(C(C)C)[C@H](CN2CCOCC2)c2ccc(Cl)cc2)cc1. The van der Waals surface area contributed by atoms with Gasteiger partial charge in [0.2, 0.25) is 0 Å². The second kappa shape index (κ2) is 9.27. The Labute approximate surface area is 173 Å². The van der Waals surface area contributed by atoms with Crippen LogP contribution in [0, 0.1) is 5.92 Å². The van der Waals surface area contributed by atoms with Gasteiger partial charge in [-0.1, -0.05) is 49.7 Å². The highest BCUT2D eigenvalue weighted by Gasteiger charge is 2.43. The maximum atomic E-state index is 12.1. The summed E-state index contributed by atoms with van der Waals surface area (Å²) < 4.78 is 10.8. The number of nitrogens with zero attached hydrogens (tertiary/aromatic N) is 1. The molecule has 0 aliphatic carbocycles. The quantitative estimate of drug-likeness (QED) is 0.748. The van der Waals surface area contributed by atoms with E-state index in [1.54, 1.807) is 7.11 Å². The molecular formula is C23H30ClNO3. The number of hydrogen-bond acceptors (Lipinski definition) is 4. The molecule has 1 aliphatic rings. The fourth-order valence-electron chi connectivity index (χ4n) is 4.03. The van der Waals surface area contributed by atoms with Gasteiger partial charge >= 0.3 is 0 Å². The third-order valence-corrected chi connectivity index (χ3v) is 6.03. The van der Waals surface area contributed by atoms with E-state index in [0.717, 1.165) is 49.7 Å². The lowest BCUT2D eigenvalue weighted by Gasteiger charge is -2.43. The number of benzene rings is 2. The van der Waals surface area contributed by atoms with Crippen molar-refractivity contribution < 1.29 is 14.6 Å². The summed E-state index contributed by atoms with van der Waals surface area (Å²) in [7, 11) is 1.65. The predicted molar refractivity (Wildman–Crippen MR) is 113 cm³/mol. The molecule has 0 radical (unpaired) electrons. The van der Waals surface area contributed by atoms with Crippen LogP contribution >= 0.6 is 11.6 Å². The molecule has 28 heavy (non-hydrogen) atoms. The highest BCUT2D eigenvalue weighted by molar-refractivity contribution is 6.30. The van der Waals surface area contributed by atoms with E-state index in [4.69, 9.17) is 21.1 Å². The van der Waals surface area contributed by atoms with Crippen LogP contribution in [0.15, 0.2) is 48.5 Å². The molecule has 1 fully saturated rings. The van der Waals surface area contributed by atoms with E-state index in [1.165, 1.54) is 0 Å². The Morgan fingerprint density at radius 1 is 1.07 bits per heavy atom. The van der Waals surface area contributed by atoms with E-state index in [1.807, 2.05) is 48.5 Å². The highest BCUT2D eigenvalue weighted by Crippen LogP contribution is 2.44. The van der Waals surface area contributed by atoms with E-state index in [0.29, 0.717) is 5.02 Å². The first-order valence-corrected chi connectivity index (χ1v) is 10.3. The molecule has 152 valence electrons. The summed E-state index contributed by atoms with van der Waals surface area (Å²) in [5.41, 5.74) is 0.956. The summed E-state index contributed by atoms with van der Waals surface area (Å²) in [6.07, 6.45) is 0. The van der Waals surface area contributed by atoms with Gasteiger partial charge in [-0.3, -0.25) is 4.90 Å². The number of rotatable bonds is 7. The van der Waals surface area contributed by atoms with Crippen molar-refractivity contribution in [1.82, 2.24) is 4.90 Å². The van der Waals surface area contributed by atoms with Crippen LogP contribution in [0.1, 0.15) is 30.9 Å². The zero-order chi connectivity index (χ0) is 20.1. The maximum absolute atomic E-state index is 12.1. The molecule has 2 atom stereocenters. The zero-order valence-electron chi connectivity index (χ0n) is 16.9. The van der Waals surface area contributed by atoms with E-state index < -0.39 is 5.60 Å². The number of aliphatic hydroxyl groups is 1. The Hall–Kier alpha value is -1.59. The highest BCUT2D eigenvalue weighted by atomic mass is 35.5. The molecule has 0 unspecified atom stereocenters. The minimum Gasteiger partial charge on any atom is -0.497 e. The Bertz CT molecular complexity index is 741. The van der Waals surface area contributed by atoms with Gasteiger partial charge in [-0.2, -0.15) is 0 Å². The summed E-state index contributed by atoms with van der Waals surface area (Å²) in [5.74, 6) is 0.699.